The molecule has 0 saturated carbocycles. The van der Waals surface area contributed by atoms with Crippen LogP contribution in [0.4, 0.5) is 0 Å². The van der Waals surface area contributed by atoms with Crippen LogP contribution in [-0.2, 0) is 9.53 Å². The van der Waals surface area contributed by atoms with Crippen molar-refractivity contribution in [2.45, 2.75) is 33.3 Å². The molecule has 1 aliphatic heterocycles. The number of aromatic nitrogens is 1. The lowest BCUT2D eigenvalue weighted by Crippen LogP contribution is -2.40. The smallest absolute Gasteiger partial charge is 0.257 e. The largest absolute Gasteiger partial charge is 0.482 e. The molecule has 21 heavy (non-hydrogen) atoms. The van der Waals surface area contributed by atoms with Crippen LogP contribution in [0, 0.1) is 11.3 Å². The van der Waals surface area contributed by atoms with Gasteiger partial charge in [0.2, 0.25) is 0 Å². The van der Waals surface area contributed by atoms with E-state index in [9.17, 15) is 4.79 Å². The maximum atomic E-state index is 11.8. The normalized spacial score (nSPS) is 22.0. The number of hydrogen-bond donors (Lipinski definition) is 1. The minimum absolute atomic E-state index is 0.0133. The summed E-state index contributed by atoms with van der Waals surface area (Å²) in [5.74, 6) is 0.857. The molecule has 5 nitrogen and oxygen atoms in total. The molecule has 1 fully saturated rings. The molecule has 0 aliphatic carbocycles. The second-order valence-electron chi connectivity index (χ2n) is 6.49. The van der Waals surface area contributed by atoms with E-state index in [-0.39, 0.29) is 24.0 Å². The third-order valence-electron chi connectivity index (χ3n) is 3.63. The summed E-state index contributed by atoms with van der Waals surface area (Å²) in [6.45, 7) is 7.93. The molecule has 1 aliphatic rings. The highest BCUT2D eigenvalue weighted by molar-refractivity contribution is 5.77. The molecular formula is C16H24N2O3. The van der Waals surface area contributed by atoms with Crippen LogP contribution >= 0.6 is 0 Å². The highest BCUT2D eigenvalue weighted by atomic mass is 16.5. The van der Waals surface area contributed by atoms with E-state index in [1.54, 1.807) is 24.5 Å². The highest BCUT2D eigenvalue weighted by Crippen LogP contribution is 2.34. The van der Waals surface area contributed by atoms with E-state index in [0.29, 0.717) is 18.2 Å². The standard InChI is InChI=1S/C16H24N2O3/c1-16(2,3)15-12(6-8-20-15)9-18-14(19)11-21-13-5-4-7-17-10-13/h4-5,7,10,12,15H,6,8-9,11H2,1-3H3,(H,18,19)/t12-,15+/m1/s1. The summed E-state index contributed by atoms with van der Waals surface area (Å²) in [6.07, 6.45) is 4.44. The molecule has 0 radical (unpaired) electrons. The molecule has 0 bridgehead atoms. The number of nitrogens with one attached hydrogen (secondary N) is 1. The molecular weight excluding hydrogens is 268 g/mol. The zero-order valence-corrected chi connectivity index (χ0v) is 13.0. The molecule has 1 aromatic rings. The van der Waals surface area contributed by atoms with Gasteiger partial charge in [0.1, 0.15) is 5.75 Å². The number of hydrogen-bond acceptors (Lipinski definition) is 4. The van der Waals surface area contributed by atoms with Crippen LogP contribution in [0.25, 0.3) is 0 Å². The summed E-state index contributed by atoms with van der Waals surface area (Å²) in [7, 11) is 0. The first-order valence-electron chi connectivity index (χ1n) is 7.38. The fourth-order valence-corrected chi connectivity index (χ4v) is 2.68. The number of carbonyl (C=O) groups excluding carboxylic acids is 1. The van der Waals surface area contributed by atoms with Gasteiger partial charge in [-0.05, 0) is 24.0 Å². The monoisotopic (exact) mass is 292 g/mol. The van der Waals surface area contributed by atoms with Crippen molar-refractivity contribution in [2.75, 3.05) is 19.8 Å². The fourth-order valence-electron chi connectivity index (χ4n) is 2.68. The molecule has 0 aromatic carbocycles. The summed E-state index contributed by atoms with van der Waals surface area (Å²) in [6, 6.07) is 3.55. The fraction of sp³-hybridized carbons (Fsp3) is 0.625. The second kappa shape index (κ2) is 6.89. The quantitative estimate of drug-likeness (QED) is 0.902. The zero-order valence-electron chi connectivity index (χ0n) is 13.0. The maximum absolute atomic E-state index is 11.8. The van der Waals surface area contributed by atoms with Crippen LogP contribution in [0.1, 0.15) is 27.2 Å². The lowest BCUT2D eigenvalue weighted by molar-refractivity contribution is -0.123. The third kappa shape index (κ3) is 4.70. The van der Waals surface area contributed by atoms with Crippen molar-refractivity contribution < 1.29 is 14.3 Å². The average molecular weight is 292 g/mol. The molecule has 1 amide bonds. The van der Waals surface area contributed by atoms with Gasteiger partial charge in [0.15, 0.2) is 6.61 Å². The Labute approximate surface area is 126 Å². The van der Waals surface area contributed by atoms with Crippen molar-refractivity contribution in [3.8, 4) is 5.75 Å². The van der Waals surface area contributed by atoms with Gasteiger partial charge < -0.3 is 14.8 Å². The first kappa shape index (κ1) is 15.8. The summed E-state index contributed by atoms with van der Waals surface area (Å²) in [5.41, 5.74) is 0.0953. The number of rotatable bonds is 5. The SMILES string of the molecule is CC(C)(C)[C@H]1OCC[C@@H]1CNC(=O)COc1cccnc1. The number of pyridine rings is 1. The Morgan fingerprint density at radius 1 is 1.52 bits per heavy atom. The first-order valence-corrected chi connectivity index (χ1v) is 7.38. The molecule has 2 heterocycles. The zero-order chi connectivity index (χ0) is 15.3. The van der Waals surface area contributed by atoms with Crippen molar-refractivity contribution >= 4 is 5.91 Å². The lowest BCUT2D eigenvalue weighted by atomic mass is 9.81. The molecule has 2 atom stereocenters. The van der Waals surface area contributed by atoms with E-state index in [2.05, 4.69) is 31.1 Å². The second-order valence-corrected chi connectivity index (χ2v) is 6.49. The van der Waals surface area contributed by atoms with E-state index in [4.69, 9.17) is 9.47 Å². The minimum Gasteiger partial charge on any atom is -0.482 e. The van der Waals surface area contributed by atoms with Crippen molar-refractivity contribution in [1.29, 1.82) is 0 Å². The van der Waals surface area contributed by atoms with Crippen LogP contribution in [0.15, 0.2) is 24.5 Å². The van der Waals surface area contributed by atoms with Crippen LogP contribution in [0.5, 0.6) is 5.75 Å². The Hall–Kier alpha value is -1.62. The van der Waals surface area contributed by atoms with Gasteiger partial charge in [-0.15, -0.1) is 0 Å². The predicted octanol–water partition coefficient (Wildman–Crippen LogP) is 2.03. The Morgan fingerprint density at radius 2 is 2.33 bits per heavy atom. The van der Waals surface area contributed by atoms with Gasteiger partial charge in [0.05, 0.1) is 12.3 Å². The molecule has 2 rings (SSSR count). The topological polar surface area (TPSA) is 60.5 Å². The van der Waals surface area contributed by atoms with Crippen molar-refractivity contribution in [3.63, 3.8) is 0 Å². The Kier molecular flexibility index (Phi) is 5.17. The molecule has 1 N–H and O–H groups in total. The molecule has 1 aromatic heterocycles. The highest BCUT2D eigenvalue weighted by Gasteiger charge is 2.37. The van der Waals surface area contributed by atoms with Gasteiger partial charge >= 0.3 is 0 Å². The van der Waals surface area contributed by atoms with Gasteiger partial charge in [0.25, 0.3) is 5.91 Å². The van der Waals surface area contributed by atoms with Crippen LogP contribution in [-0.4, -0.2) is 36.8 Å². The van der Waals surface area contributed by atoms with E-state index < -0.39 is 0 Å². The van der Waals surface area contributed by atoms with Crippen molar-refractivity contribution in [1.82, 2.24) is 10.3 Å². The average Bonchev–Trinajstić information content (AvgIpc) is 2.92. The summed E-state index contributed by atoms with van der Waals surface area (Å²) in [5, 5.41) is 2.93. The van der Waals surface area contributed by atoms with E-state index in [0.717, 1.165) is 13.0 Å². The van der Waals surface area contributed by atoms with E-state index in [1.807, 2.05) is 0 Å². The van der Waals surface area contributed by atoms with Crippen LogP contribution < -0.4 is 10.1 Å². The predicted molar refractivity (Wildman–Crippen MR) is 80.0 cm³/mol. The summed E-state index contributed by atoms with van der Waals surface area (Å²) in [4.78, 5) is 15.8. The number of nitrogens with zero attached hydrogens (tertiary/aromatic N) is 1. The molecule has 0 unspecified atom stereocenters. The maximum Gasteiger partial charge on any atom is 0.257 e. The summed E-state index contributed by atoms with van der Waals surface area (Å²) >= 11 is 0. The van der Waals surface area contributed by atoms with Gasteiger partial charge in [-0.1, -0.05) is 20.8 Å². The lowest BCUT2D eigenvalue weighted by Gasteiger charge is -2.31. The Balaban J connectivity index is 1.74. The Morgan fingerprint density at radius 3 is 3.00 bits per heavy atom. The first-order chi connectivity index (χ1) is 9.97. The number of carbonyl (C=O) groups is 1. The van der Waals surface area contributed by atoms with E-state index >= 15 is 0 Å². The summed E-state index contributed by atoms with van der Waals surface area (Å²) < 4.78 is 11.2. The van der Waals surface area contributed by atoms with Crippen molar-refractivity contribution in [2.24, 2.45) is 11.3 Å². The van der Waals surface area contributed by atoms with Gasteiger partial charge in [-0.3, -0.25) is 9.78 Å². The van der Waals surface area contributed by atoms with E-state index in [1.165, 1.54) is 0 Å². The van der Waals surface area contributed by atoms with Gasteiger partial charge in [-0.2, -0.15) is 0 Å². The number of ether oxygens (including phenoxy) is 2. The van der Waals surface area contributed by atoms with Crippen molar-refractivity contribution in [3.05, 3.63) is 24.5 Å². The van der Waals surface area contributed by atoms with Crippen LogP contribution in [0.2, 0.25) is 0 Å². The van der Waals surface area contributed by atoms with Gasteiger partial charge in [-0.25, -0.2) is 0 Å². The molecule has 5 heteroatoms. The minimum atomic E-state index is -0.113. The van der Waals surface area contributed by atoms with Gasteiger partial charge in [0, 0.05) is 25.3 Å². The Bertz CT molecular complexity index is 456. The molecule has 1 saturated heterocycles. The molecule has 116 valence electrons. The third-order valence-corrected chi connectivity index (χ3v) is 3.63. The molecule has 0 spiro atoms. The van der Waals surface area contributed by atoms with Crippen LogP contribution in [0.3, 0.4) is 0 Å². The number of amides is 1.